The first-order valence-electron chi connectivity index (χ1n) is 5.22. The fourth-order valence-electron chi connectivity index (χ4n) is 2.41. The van der Waals surface area contributed by atoms with Crippen molar-refractivity contribution in [1.29, 1.82) is 0 Å². The highest BCUT2D eigenvalue weighted by molar-refractivity contribution is 6.65. The molecule has 0 aliphatic heterocycles. The Morgan fingerprint density at radius 3 is 2.38 bits per heavy atom. The van der Waals surface area contributed by atoms with E-state index >= 15 is 0 Å². The summed E-state index contributed by atoms with van der Waals surface area (Å²) < 4.78 is 0. The van der Waals surface area contributed by atoms with Gasteiger partial charge in [-0.15, -0.1) is 0 Å². The molecule has 0 spiro atoms. The van der Waals surface area contributed by atoms with E-state index in [1.54, 1.807) is 18.2 Å². The van der Waals surface area contributed by atoms with Gasteiger partial charge in [-0.1, -0.05) is 36.0 Å². The van der Waals surface area contributed by atoms with E-state index in [4.69, 9.17) is 34.8 Å². The number of carbonyl (C=O) groups is 1. The molecule has 0 unspecified atom stereocenters. The quantitative estimate of drug-likeness (QED) is 0.724. The predicted octanol–water partition coefficient (Wildman–Crippen LogP) is 4.57. The third-order valence-corrected chi connectivity index (χ3v) is 4.20. The molecule has 1 fully saturated rings. The Balaban J connectivity index is 2.55. The van der Waals surface area contributed by atoms with Crippen molar-refractivity contribution in [3.05, 3.63) is 33.8 Å². The molecule has 1 aliphatic rings. The van der Waals surface area contributed by atoms with Crippen LogP contribution in [0.5, 0.6) is 0 Å². The molecule has 16 heavy (non-hydrogen) atoms. The second kappa shape index (κ2) is 4.56. The fourth-order valence-corrected chi connectivity index (χ4v) is 3.18. The van der Waals surface area contributed by atoms with Gasteiger partial charge in [0.1, 0.15) is 0 Å². The molecule has 1 aromatic rings. The Labute approximate surface area is 110 Å². The first-order chi connectivity index (χ1) is 7.56. The Kier molecular flexibility index (Phi) is 3.48. The monoisotopic (exact) mass is 276 g/mol. The molecule has 1 aromatic carbocycles. The van der Waals surface area contributed by atoms with Gasteiger partial charge in [-0.2, -0.15) is 0 Å². The Morgan fingerprint density at radius 1 is 1.19 bits per heavy atom. The van der Waals surface area contributed by atoms with Crippen LogP contribution in [0.1, 0.15) is 31.2 Å². The molecule has 0 atom stereocenters. The van der Waals surface area contributed by atoms with Gasteiger partial charge in [0.2, 0.25) is 5.24 Å². The molecule has 2 rings (SSSR count). The molecule has 86 valence electrons. The van der Waals surface area contributed by atoms with Crippen LogP contribution in [0, 0.1) is 0 Å². The molecular weight excluding hydrogens is 266 g/mol. The number of benzene rings is 1. The summed E-state index contributed by atoms with van der Waals surface area (Å²) in [5, 5.41) is 0.832. The van der Waals surface area contributed by atoms with Gasteiger partial charge in [0.05, 0.1) is 5.41 Å². The van der Waals surface area contributed by atoms with Crippen molar-refractivity contribution in [2.24, 2.45) is 0 Å². The zero-order valence-corrected chi connectivity index (χ0v) is 10.9. The van der Waals surface area contributed by atoms with E-state index in [0.29, 0.717) is 10.0 Å². The van der Waals surface area contributed by atoms with Crippen LogP contribution in [0.4, 0.5) is 0 Å². The molecule has 1 nitrogen and oxygen atoms in total. The summed E-state index contributed by atoms with van der Waals surface area (Å²) >= 11 is 17.8. The Hall–Kier alpha value is -0.240. The summed E-state index contributed by atoms with van der Waals surface area (Å²) in [4.78, 5) is 11.7. The molecule has 1 saturated carbocycles. The summed E-state index contributed by atoms with van der Waals surface area (Å²) in [7, 11) is 0. The van der Waals surface area contributed by atoms with Gasteiger partial charge in [0, 0.05) is 10.0 Å². The van der Waals surface area contributed by atoms with Gasteiger partial charge in [0.25, 0.3) is 0 Å². The van der Waals surface area contributed by atoms with Crippen molar-refractivity contribution >= 4 is 40.0 Å². The van der Waals surface area contributed by atoms with Crippen molar-refractivity contribution < 1.29 is 4.79 Å². The van der Waals surface area contributed by atoms with E-state index in [1.807, 2.05) is 0 Å². The van der Waals surface area contributed by atoms with Crippen LogP contribution >= 0.6 is 34.8 Å². The van der Waals surface area contributed by atoms with Crippen LogP contribution in [-0.4, -0.2) is 5.24 Å². The molecule has 0 amide bonds. The molecule has 0 heterocycles. The lowest BCUT2D eigenvalue weighted by molar-refractivity contribution is -0.116. The number of halogens is 3. The second-order valence-corrected chi connectivity index (χ2v) is 5.37. The van der Waals surface area contributed by atoms with Gasteiger partial charge >= 0.3 is 0 Å². The third kappa shape index (κ3) is 1.97. The first-order valence-corrected chi connectivity index (χ1v) is 6.35. The second-order valence-electron chi connectivity index (χ2n) is 4.19. The van der Waals surface area contributed by atoms with E-state index in [-0.39, 0.29) is 5.24 Å². The zero-order chi connectivity index (χ0) is 11.8. The third-order valence-electron chi connectivity index (χ3n) is 3.28. The SMILES string of the molecule is O=C(Cl)C1(c2cc(Cl)ccc2Cl)CCCC1. The normalized spacial score (nSPS) is 18.7. The lowest BCUT2D eigenvalue weighted by Gasteiger charge is -2.26. The highest BCUT2D eigenvalue weighted by Crippen LogP contribution is 2.46. The van der Waals surface area contributed by atoms with Gasteiger partial charge < -0.3 is 0 Å². The minimum atomic E-state index is -0.621. The topological polar surface area (TPSA) is 17.1 Å². The van der Waals surface area contributed by atoms with Crippen molar-refractivity contribution in [2.75, 3.05) is 0 Å². The zero-order valence-electron chi connectivity index (χ0n) is 8.60. The largest absolute Gasteiger partial charge is 0.280 e. The lowest BCUT2D eigenvalue weighted by atomic mass is 9.80. The average Bonchev–Trinajstić information content (AvgIpc) is 2.71. The lowest BCUT2D eigenvalue weighted by Crippen LogP contribution is -2.29. The molecule has 0 bridgehead atoms. The molecule has 0 saturated heterocycles. The van der Waals surface area contributed by atoms with Crippen LogP contribution in [0.2, 0.25) is 10.0 Å². The van der Waals surface area contributed by atoms with Crippen molar-refractivity contribution in [3.63, 3.8) is 0 Å². The Bertz CT molecular complexity index is 422. The molecular formula is C12H11Cl3O. The molecule has 4 heteroatoms. The molecule has 0 aromatic heterocycles. The van der Waals surface area contributed by atoms with Crippen LogP contribution < -0.4 is 0 Å². The van der Waals surface area contributed by atoms with E-state index in [2.05, 4.69) is 0 Å². The van der Waals surface area contributed by atoms with Crippen LogP contribution in [0.25, 0.3) is 0 Å². The fraction of sp³-hybridized carbons (Fsp3) is 0.417. The maximum absolute atomic E-state index is 11.7. The average molecular weight is 278 g/mol. The van der Waals surface area contributed by atoms with Gasteiger partial charge in [-0.05, 0) is 48.2 Å². The van der Waals surface area contributed by atoms with Gasteiger partial charge in [-0.25, -0.2) is 0 Å². The van der Waals surface area contributed by atoms with Crippen molar-refractivity contribution in [2.45, 2.75) is 31.1 Å². The van der Waals surface area contributed by atoms with E-state index in [1.165, 1.54) is 0 Å². The summed E-state index contributed by atoms with van der Waals surface area (Å²) in [5.74, 6) is 0. The Morgan fingerprint density at radius 2 is 1.81 bits per heavy atom. The highest BCUT2D eigenvalue weighted by atomic mass is 35.5. The van der Waals surface area contributed by atoms with E-state index in [0.717, 1.165) is 31.2 Å². The predicted molar refractivity (Wildman–Crippen MR) is 67.5 cm³/mol. The smallest absolute Gasteiger partial charge is 0.232 e. The number of carbonyl (C=O) groups excluding carboxylic acids is 1. The van der Waals surface area contributed by atoms with Crippen LogP contribution in [0.15, 0.2) is 18.2 Å². The van der Waals surface area contributed by atoms with Gasteiger partial charge in [-0.3, -0.25) is 4.79 Å². The summed E-state index contributed by atoms with van der Waals surface area (Å²) in [6, 6.07) is 5.20. The molecule has 0 radical (unpaired) electrons. The van der Waals surface area contributed by atoms with Gasteiger partial charge in [0.15, 0.2) is 0 Å². The molecule has 0 N–H and O–H groups in total. The van der Waals surface area contributed by atoms with Crippen molar-refractivity contribution in [1.82, 2.24) is 0 Å². The minimum absolute atomic E-state index is 0.325. The van der Waals surface area contributed by atoms with Crippen LogP contribution in [0.3, 0.4) is 0 Å². The van der Waals surface area contributed by atoms with E-state index < -0.39 is 5.41 Å². The summed E-state index contributed by atoms with van der Waals surface area (Å²) in [6.45, 7) is 0. The first kappa shape index (κ1) is 12.2. The minimum Gasteiger partial charge on any atom is -0.280 e. The standard InChI is InChI=1S/C12H11Cl3O/c13-8-3-4-10(14)9(7-8)12(11(15)16)5-1-2-6-12/h3-4,7H,1-2,5-6H2. The van der Waals surface area contributed by atoms with E-state index in [9.17, 15) is 4.79 Å². The number of rotatable bonds is 2. The highest BCUT2D eigenvalue weighted by Gasteiger charge is 2.43. The molecule has 1 aliphatic carbocycles. The number of hydrogen-bond acceptors (Lipinski definition) is 1. The van der Waals surface area contributed by atoms with Crippen LogP contribution in [-0.2, 0) is 10.2 Å². The maximum Gasteiger partial charge on any atom is 0.232 e. The maximum atomic E-state index is 11.7. The number of hydrogen-bond donors (Lipinski definition) is 0. The van der Waals surface area contributed by atoms with Crippen molar-refractivity contribution in [3.8, 4) is 0 Å². The summed E-state index contributed by atoms with van der Waals surface area (Å²) in [6.07, 6.45) is 3.52. The summed E-state index contributed by atoms with van der Waals surface area (Å²) in [5.41, 5.74) is 0.156.